The van der Waals surface area contributed by atoms with Gasteiger partial charge in [-0.1, -0.05) is 6.07 Å². The molecule has 1 saturated heterocycles. The Morgan fingerprint density at radius 1 is 0.966 bits per heavy atom. The molecule has 9 heteroatoms. The Kier molecular flexibility index (Phi) is 5.51. The Bertz CT molecular complexity index is 882. The van der Waals surface area contributed by atoms with Crippen LogP contribution < -0.4 is 14.8 Å². The van der Waals surface area contributed by atoms with Gasteiger partial charge in [0.1, 0.15) is 0 Å². The molecule has 2 aliphatic rings. The molecule has 0 bridgehead atoms. The van der Waals surface area contributed by atoms with E-state index < -0.39 is 11.7 Å². The molecule has 0 atom stereocenters. The van der Waals surface area contributed by atoms with Crippen LogP contribution in [0.5, 0.6) is 11.5 Å². The van der Waals surface area contributed by atoms with E-state index in [2.05, 4.69) is 10.2 Å². The number of hydrogen-bond donors (Lipinski definition) is 1. The van der Waals surface area contributed by atoms with Gasteiger partial charge in [-0.3, -0.25) is 4.90 Å². The summed E-state index contributed by atoms with van der Waals surface area (Å²) in [5.41, 5.74) is 1.03. The van der Waals surface area contributed by atoms with Crippen LogP contribution in [0.3, 0.4) is 0 Å². The van der Waals surface area contributed by atoms with Gasteiger partial charge in [0.05, 0.1) is 5.56 Å². The molecule has 0 aliphatic carbocycles. The van der Waals surface area contributed by atoms with Crippen molar-refractivity contribution in [1.82, 2.24) is 9.80 Å². The SMILES string of the molecule is FC(F)(F)c1ccc(NC(=S)N2CCN(Cc3ccc4c(c3)OCO4)CC2)cc1. The van der Waals surface area contributed by atoms with Gasteiger partial charge in [-0.25, -0.2) is 0 Å². The summed E-state index contributed by atoms with van der Waals surface area (Å²) in [4.78, 5) is 4.36. The first kappa shape index (κ1) is 19.8. The molecule has 2 aromatic carbocycles. The first-order valence-electron chi connectivity index (χ1n) is 9.22. The maximum absolute atomic E-state index is 12.7. The molecule has 4 rings (SSSR count). The van der Waals surface area contributed by atoms with Gasteiger partial charge >= 0.3 is 6.18 Å². The predicted octanol–water partition coefficient (Wildman–Crippen LogP) is 3.95. The summed E-state index contributed by atoms with van der Waals surface area (Å²) in [5.74, 6) is 1.56. The molecule has 0 amide bonds. The van der Waals surface area contributed by atoms with E-state index in [1.807, 2.05) is 23.1 Å². The topological polar surface area (TPSA) is 37.0 Å². The Morgan fingerprint density at radius 2 is 1.66 bits per heavy atom. The fraction of sp³-hybridized carbons (Fsp3) is 0.350. The molecule has 0 unspecified atom stereocenters. The smallest absolute Gasteiger partial charge is 0.416 e. The maximum Gasteiger partial charge on any atom is 0.416 e. The first-order valence-corrected chi connectivity index (χ1v) is 9.63. The van der Waals surface area contributed by atoms with Crippen molar-refractivity contribution in [3.8, 4) is 11.5 Å². The van der Waals surface area contributed by atoms with Crippen LogP contribution in [0.15, 0.2) is 42.5 Å². The van der Waals surface area contributed by atoms with Crippen LogP contribution in [0, 0.1) is 0 Å². The van der Waals surface area contributed by atoms with E-state index in [0.717, 1.165) is 61.9 Å². The lowest BCUT2D eigenvalue weighted by Gasteiger charge is -2.36. The third-order valence-electron chi connectivity index (χ3n) is 4.97. The fourth-order valence-electron chi connectivity index (χ4n) is 3.35. The molecular weight excluding hydrogens is 403 g/mol. The number of alkyl halides is 3. The molecular formula is C20H20F3N3O2S. The number of thiocarbonyl (C=S) groups is 1. The zero-order valence-corrected chi connectivity index (χ0v) is 16.4. The van der Waals surface area contributed by atoms with Gasteiger partial charge in [-0.15, -0.1) is 0 Å². The Labute approximate surface area is 172 Å². The highest BCUT2D eigenvalue weighted by Crippen LogP contribution is 2.33. The molecule has 5 nitrogen and oxygen atoms in total. The van der Waals surface area contributed by atoms with Crippen LogP contribution >= 0.6 is 12.2 Å². The number of ether oxygens (including phenoxy) is 2. The molecule has 0 spiro atoms. The molecule has 2 heterocycles. The molecule has 154 valence electrons. The van der Waals surface area contributed by atoms with Crippen molar-refractivity contribution in [2.45, 2.75) is 12.7 Å². The molecule has 29 heavy (non-hydrogen) atoms. The van der Waals surface area contributed by atoms with Crippen LogP contribution in [-0.2, 0) is 12.7 Å². The minimum Gasteiger partial charge on any atom is -0.454 e. The fourth-order valence-corrected chi connectivity index (χ4v) is 3.65. The first-order chi connectivity index (χ1) is 13.9. The van der Waals surface area contributed by atoms with E-state index in [1.54, 1.807) is 0 Å². The summed E-state index contributed by atoms with van der Waals surface area (Å²) >= 11 is 5.43. The van der Waals surface area contributed by atoms with Crippen molar-refractivity contribution in [2.75, 3.05) is 38.3 Å². The summed E-state index contributed by atoms with van der Waals surface area (Å²) in [5, 5.41) is 3.54. The highest BCUT2D eigenvalue weighted by Gasteiger charge is 2.30. The Balaban J connectivity index is 1.27. The number of benzene rings is 2. The van der Waals surface area contributed by atoms with Gasteiger partial charge < -0.3 is 19.7 Å². The van der Waals surface area contributed by atoms with Gasteiger partial charge in [0.2, 0.25) is 6.79 Å². The van der Waals surface area contributed by atoms with E-state index in [1.165, 1.54) is 12.1 Å². The van der Waals surface area contributed by atoms with Crippen molar-refractivity contribution in [2.24, 2.45) is 0 Å². The van der Waals surface area contributed by atoms with Crippen LogP contribution in [0.2, 0.25) is 0 Å². The number of nitrogens with zero attached hydrogens (tertiary/aromatic N) is 2. The molecule has 1 N–H and O–H groups in total. The van der Waals surface area contributed by atoms with Crippen LogP contribution in [-0.4, -0.2) is 47.9 Å². The van der Waals surface area contributed by atoms with E-state index in [4.69, 9.17) is 21.7 Å². The van der Waals surface area contributed by atoms with Crippen molar-refractivity contribution >= 4 is 23.0 Å². The van der Waals surface area contributed by atoms with Crippen LogP contribution in [0.1, 0.15) is 11.1 Å². The predicted molar refractivity (Wildman–Crippen MR) is 107 cm³/mol. The number of rotatable bonds is 3. The quantitative estimate of drug-likeness (QED) is 0.754. The molecule has 2 aromatic rings. The third-order valence-corrected chi connectivity index (χ3v) is 5.33. The Morgan fingerprint density at radius 3 is 2.34 bits per heavy atom. The minimum absolute atomic E-state index is 0.265. The summed E-state index contributed by atoms with van der Waals surface area (Å²) in [6.45, 7) is 4.24. The normalized spacial score (nSPS) is 16.7. The molecule has 2 aliphatic heterocycles. The van der Waals surface area contributed by atoms with Crippen molar-refractivity contribution in [3.63, 3.8) is 0 Å². The maximum atomic E-state index is 12.7. The van der Waals surface area contributed by atoms with Gasteiger partial charge in [0.15, 0.2) is 16.6 Å². The lowest BCUT2D eigenvalue weighted by molar-refractivity contribution is -0.137. The summed E-state index contributed by atoms with van der Waals surface area (Å²) in [6.07, 6.45) is -4.34. The van der Waals surface area contributed by atoms with Crippen LogP contribution in [0.25, 0.3) is 0 Å². The second-order valence-electron chi connectivity index (χ2n) is 6.96. The number of nitrogens with one attached hydrogen (secondary N) is 1. The average molecular weight is 423 g/mol. The van der Waals surface area contributed by atoms with Crippen molar-refractivity contribution in [3.05, 3.63) is 53.6 Å². The number of anilines is 1. The molecule has 1 fully saturated rings. The second-order valence-corrected chi connectivity index (χ2v) is 7.34. The van der Waals surface area contributed by atoms with Gasteiger partial charge in [0, 0.05) is 38.4 Å². The summed E-state index contributed by atoms with van der Waals surface area (Å²) < 4.78 is 48.7. The zero-order chi connectivity index (χ0) is 20.4. The van der Waals surface area contributed by atoms with E-state index in [-0.39, 0.29) is 6.79 Å². The largest absolute Gasteiger partial charge is 0.454 e. The van der Waals surface area contributed by atoms with Gasteiger partial charge in [-0.2, -0.15) is 13.2 Å². The summed E-state index contributed by atoms with van der Waals surface area (Å²) in [6, 6.07) is 10.9. The standard InChI is InChI=1S/C20H20F3N3O2S/c21-20(22,23)15-2-4-16(5-3-15)24-19(29)26-9-7-25(8-10-26)12-14-1-6-17-18(11-14)28-13-27-17/h1-6,11H,7-10,12-13H2,(H,24,29). The number of halogens is 3. The van der Waals surface area contributed by atoms with E-state index in [0.29, 0.717) is 10.8 Å². The minimum atomic E-state index is -4.34. The average Bonchev–Trinajstić information content (AvgIpc) is 3.16. The molecule has 0 saturated carbocycles. The molecule has 0 aromatic heterocycles. The lowest BCUT2D eigenvalue weighted by Crippen LogP contribution is -2.49. The van der Waals surface area contributed by atoms with Crippen LogP contribution in [0.4, 0.5) is 18.9 Å². The van der Waals surface area contributed by atoms with Gasteiger partial charge in [0.25, 0.3) is 0 Å². The van der Waals surface area contributed by atoms with E-state index >= 15 is 0 Å². The molecule has 0 radical (unpaired) electrons. The Hall–Kier alpha value is -2.52. The lowest BCUT2D eigenvalue weighted by atomic mass is 10.1. The third kappa shape index (κ3) is 4.73. The monoisotopic (exact) mass is 423 g/mol. The number of hydrogen-bond acceptors (Lipinski definition) is 4. The highest BCUT2D eigenvalue weighted by atomic mass is 32.1. The highest BCUT2D eigenvalue weighted by molar-refractivity contribution is 7.80. The second kappa shape index (κ2) is 8.08. The van der Waals surface area contributed by atoms with Crippen molar-refractivity contribution in [1.29, 1.82) is 0 Å². The van der Waals surface area contributed by atoms with E-state index in [9.17, 15) is 13.2 Å². The van der Waals surface area contributed by atoms with Crippen molar-refractivity contribution < 1.29 is 22.6 Å². The summed E-state index contributed by atoms with van der Waals surface area (Å²) in [7, 11) is 0. The number of fused-ring (bicyclic) bond motifs is 1. The van der Waals surface area contributed by atoms with Gasteiger partial charge in [-0.05, 0) is 54.2 Å². The number of piperazine rings is 1. The zero-order valence-electron chi connectivity index (χ0n) is 15.5.